The minimum Gasteiger partial charge on any atom is -0.548 e. The van der Waals surface area contributed by atoms with Gasteiger partial charge in [0.25, 0.3) is 0 Å². The number of nitrogens with two attached hydrogens (primary N) is 1. The Morgan fingerprint density at radius 3 is 1.83 bits per heavy atom. The Balaban J connectivity index is 0.000000655. The van der Waals surface area contributed by atoms with Crippen LogP contribution in [0.3, 0.4) is 0 Å². The van der Waals surface area contributed by atoms with Gasteiger partial charge in [0.2, 0.25) is 0 Å². The third kappa shape index (κ3) is 6.76. The van der Waals surface area contributed by atoms with Crippen molar-refractivity contribution >= 4 is 17.9 Å². The summed E-state index contributed by atoms with van der Waals surface area (Å²) in [5.41, 5.74) is 5.88. The average molecular weight is 336 g/mol. The Kier molecular flexibility index (Phi) is 8.65. The van der Waals surface area contributed by atoms with Crippen LogP contribution in [0.15, 0.2) is 30.3 Å². The van der Waals surface area contributed by atoms with Gasteiger partial charge in [0.15, 0.2) is 0 Å². The second kappa shape index (κ2) is 9.64. The first kappa shape index (κ1) is 21.6. The molecule has 1 aromatic rings. The molecule has 133 valence electrons. The van der Waals surface area contributed by atoms with Crippen molar-refractivity contribution in [2.75, 3.05) is 13.1 Å². The van der Waals surface area contributed by atoms with Crippen LogP contribution in [0.2, 0.25) is 0 Å². The van der Waals surface area contributed by atoms with E-state index < -0.39 is 23.4 Å². The van der Waals surface area contributed by atoms with Crippen molar-refractivity contribution < 1.29 is 29.7 Å². The van der Waals surface area contributed by atoms with Crippen LogP contribution in [-0.4, -0.2) is 41.4 Å². The zero-order valence-electron chi connectivity index (χ0n) is 13.4. The zero-order chi connectivity index (χ0) is 17.5. The molecule has 1 radical (unpaired) electrons. The predicted octanol–water partition coefficient (Wildman–Crippen LogP) is -3.33. The van der Waals surface area contributed by atoms with Crippen LogP contribution in [0.1, 0.15) is 18.4 Å². The van der Waals surface area contributed by atoms with Gasteiger partial charge < -0.3 is 35.4 Å². The van der Waals surface area contributed by atoms with E-state index in [9.17, 15) is 9.90 Å². The molecule has 1 aliphatic heterocycles. The molecule has 0 unspecified atom stereocenters. The van der Waals surface area contributed by atoms with Crippen molar-refractivity contribution in [2.45, 2.75) is 24.9 Å². The minimum absolute atomic E-state index is 0. The Labute approximate surface area is 140 Å². The highest BCUT2D eigenvalue weighted by atomic mass is 16.4. The molecule has 24 heavy (non-hydrogen) atoms. The normalized spacial score (nSPS) is 16.0. The Morgan fingerprint density at radius 1 is 1.00 bits per heavy atom. The van der Waals surface area contributed by atoms with Gasteiger partial charge >= 0.3 is 0 Å². The molecule has 1 aliphatic rings. The third-order valence-electron chi connectivity index (χ3n) is 3.57. The quantitative estimate of drug-likeness (QED) is 0.563. The summed E-state index contributed by atoms with van der Waals surface area (Å²) in [4.78, 5) is 31.0. The number of carbonyl (C=O) groups excluding carboxylic acids is 3. The molecule has 0 aromatic heterocycles. The molecule has 0 atom stereocenters. The van der Waals surface area contributed by atoms with E-state index in [1.807, 2.05) is 18.2 Å². The molecule has 0 amide bonds. The van der Waals surface area contributed by atoms with E-state index in [0.717, 1.165) is 6.54 Å². The number of carboxylic acid groups (broad SMARTS) is 3. The molecule has 0 aliphatic carbocycles. The van der Waals surface area contributed by atoms with Gasteiger partial charge in [-0.1, -0.05) is 37.8 Å². The largest absolute Gasteiger partial charge is 0.548 e. The molecule has 1 saturated heterocycles. The lowest BCUT2D eigenvalue weighted by Gasteiger charge is -2.39. The first-order valence-corrected chi connectivity index (χ1v) is 6.93. The first-order valence-electron chi connectivity index (χ1n) is 6.93. The number of aliphatic carboxylic acids is 3. The van der Waals surface area contributed by atoms with Gasteiger partial charge in [-0.3, -0.25) is 4.90 Å². The van der Waals surface area contributed by atoms with Crippen molar-refractivity contribution in [3.05, 3.63) is 43.3 Å². The van der Waals surface area contributed by atoms with Crippen molar-refractivity contribution in [3.63, 3.8) is 0 Å². The molecule has 1 fully saturated rings. The Hall–Kier alpha value is -2.45. The highest BCUT2D eigenvalue weighted by molar-refractivity contribution is 6.25. The fourth-order valence-corrected chi connectivity index (χ4v) is 2.16. The summed E-state index contributed by atoms with van der Waals surface area (Å²) in [6.45, 7) is 2.27. The molecule has 2 N–H and O–H groups in total. The minimum atomic E-state index is -2.19. The topological polar surface area (TPSA) is 150 Å². The third-order valence-corrected chi connectivity index (χ3v) is 3.57. The van der Waals surface area contributed by atoms with Crippen molar-refractivity contribution in [1.29, 1.82) is 0 Å². The monoisotopic (exact) mass is 336 g/mol. The number of hydrogen-bond donors (Lipinski definition) is 1. The molecule has 1 aromatic carbocycles. The van der Waals surface area contributed by atoms with Crippen LogP contribution in [0.5, 0.6) is 0 Å². The van der Waals surface area contributed by atoms with Crippen molar-refractivity contribution in [2.24, 2.45) is 5.73 Å². The highest BCUT2D eigenvalue weighted by Crippen LogP contribution is 2.20. The van der Waals surface area contributed by atoms with Crippen LogP contribution in [0.4, 0.5) is 0 Å². The summed E-state index contributed by atoms with van der Waals surface area (Å²) >= 11 is 0. The van der Waals surface area contributed by atoms with Gasteiger partial charge in [-0.15, -0.1) is 0 Å². The molecular formula is C16H20N2O6-3. The van der Waals surface area contributed by atoms with Gasteiger partial charge in [0, 0.05) is 19.6 Å². The SMILES string of the molecule is NC1(C(=O)[O-])CCN(Cc2ccccc2)CC1.O=C([O-])C(=O)[O-].[CH3]. The molecular weight excluding hydrogens is 316 g/mol. The molecule has 0 spiro atoms. The predicted molar refractivity (Wildman–Crippen MR) is 79.3 cm³/mol. The number of hydrogen-bond acceptors (Lipinski definition) is 8. The zero-order valence-corrected chi connectivity index (χ0v) is 13.4. The first-order chi connectivity index (χ1) is 10.7. The van der Waals surface area contributed by atoms with Gasteiger partial charge in [0.05, 0.1) is 23.4 Å². The second-order valence-electron chi connectivity index (χ2n) is 5.28. The number of likely N-dealkylation sites (tertiary alicyclic amines) is 1. The van der Waals surface area contributed by atoms with Gasteiger partial charge in [-0.25, -0.2) is 0 Å². The van der Waals surface area contributed by atoms with Crippen LogP contribution in [-0.2, 0) is 20.9 Å². The van der Waals surface area contributed by atoms with E-state index in [-0.39, 0.29) is 7.43 Å². The highest BCUT2D eigenvalue weighted by Gasteiger charge is 2.31. The molecule has 8 heteroatoms. The number of carbonyl (C=O) groups is 3. The van der Waals surface area contributed by atoms with Gasteiger partial charge in [-0.2, -0.15) is 0 Å². The smallest absolute Gasteiger partial charge is 0.0870 e. The van der Waals surface area contributed by atoms with Crippen molar-refractivity contribution in [1.82, 2.24) is 4.90 Å². The fourth-order valence-electron chi connectivity index (χ4n) is 2.16. The number of benzene rings is 1. The Morgan fingerprint density at radius 2 is 1.46 bits per heavy atom. The fraction of sp³-hybridized carbons (Fsp3) is 0.375. The summed E-state index contributed by atoms with van der Waals surface area (Å²) in [5, 5.41) is 28.7. The summed E-state index contributed by atoms with van der Waals surface area (Å²) in [5.74, 6) is -5.50. The molecule has 1 heterocycles. The van der Waals surface area contributed by atoms with E-state index in [2.05, 4.69) is 17.0 Å². The summed E-state index contributed by atoms with van der Waals surface area (Å²) < 4.78 is 0. The summed E-state index contributed by atoms with van der Waals surface area (Å²) in [7, 11) is 0. The molecule has 0 bridgehead atoms. The standard InChI is InChI=1S/C13H18N2O2.C2H2O4.CH3/c14-13(12(16)17)6-8-15(9-7-13)10-11-4-2-1-3-5-11;3-1(4)2(5)6;/h1-5H,6-10,14H2,(H,16,17);(H,3,4)(H,5,6);1H3/p-3. The van der Waals surface area contributed by atoms with E-state index in [4.69, 9.17) is 25.5 Å². The van der Waals surface area contributed by atoms with Gasteiger partial charge in [0.1, 0.15) is 0 Å². The van der Waals surface area contributed by atoms with Crippen molar-refractivity contribution in [3.8, 4) is 0 Å². The number of piperidine rings is 1. The van der Waals surface area contributed by atoms with Crippen LogP contribution in [0.25, 0.3) is 0 Å². The maximum Gasteiger partial charge on any atom is 0.0870 e. The number of rotatable bonds is 3. The molecule has 8 nitrogen and oxygen atoms in total. The summed E-state index contributed by atoms with van der Waals surface area (Å²) in [6.07, 6.45) is 0.921. The van der Waals surface area contributed by atoms with E-state index in [1.54, 1.807) is 0 Å². The van der Waals surface area contributed by atoms with E-state index in [0.29, 0.717) is 25.9 Å². The number of nitrogens with zero attached hydrogens (tertiary/aromatic N) is 1. The van der Waals surface area contributed by atoms with E-state index in [1.165, 1.54) is 5.56 Å². The average Bonchev–Trinajstić information content (AvgIpc) is 2.51. The molecule has 0 saturated carbocycles. The van der Waals surface area contributed by atoms with E-state index >= 15 is 0 Å². The van der Waals surface area contributed by atoms with Crippen LogP contribution < -0.4 is 21.1 Å². The second-order valence-corrected chi connectivity index (χ2v) is 5.28. The molecule has 2 rings (SSSR count). The summed E-state index contributed by atoms with van der Waals surface area (Å²) in [6, 6.07) is 10.1. The van der Waals surface area contributed by atoms with Gasteiger partial charge in [-0.05, 0) is 18.4 Å². The van der Waals surface area contributed by atoms with Crippen LogP contribution >= 0.6 is 0 Å². The lowest BCUT2D eigenvalue weighted by molar-refractivity contribution is -0.345. The maximum absolute atomic E-state index is 10.9. The van der Waals surface area contributed by atoms with Crippen LogP contribution in [0, 0.1) is 7.43 Å². The maximum atomic E-state index is 10.9. The number of carboxylic acids is 3. The Bertz CT molecular complexity index is 541. The lowest BCUT2D eigenvalue weighted by Crippen LogP contribution is -2.60. The lowest BCUT2D eigenvalue weighted by atomic mass is 9.88.